The Hall–Kier alpha value is -5.32. The van der Waals surface area contributed by atoms with Crippen LogP contribution in [0.2, 0.25) is 0 Å². The lowest BCUT2D eigenvalue weighted by atomic mass is 10.1. The molecule has 0 aliphatic rings. The molecule has 5 unspecified atom stereocenters. The summed E-state index contributed by atoms with van der Waals surface area (Å²) in [7, 11) is -10.0. The van der Waals surface area contributed by atoms with Gasteiger partial charge in [-0.3, -0.25) is 37.3 Å². The van der Waals surface area contributed by atoms with E-state index in [0.29, 0.717) is 25.7 Å². The monoisotopic (exact) mass is 1440 g/mol. The summed E-state index contributed by atoms with van der Waals surface area (Å²) in [5, 5.41) is 10.6. The molecule has 0 fully saturated rings. The number of hydrogen-bond acceptors (Lipinski definition) is 15. The van der Waals surface area contributed by atoms with Crippen molar-refractivity contribution in [3.05, 3.63) is 158 Å². The van der Waals surface area contributed by atoms with E-state index in [1.165, 1.54) is 19.3 Å². The van der Waals surface area contributed by atoms with Gasteiger partial charge in [0, 0.05) is 19.3 Å². The number of ether oxygens (including phenoxy) is 4. The third kappa shape index (κ3) is 71.1. The zero-order chi connectivity index (χ0) is 73.2. The molecule has 0 saturated heterocycles. The third-order valence-electron chi connectivity index (χ3n) is 15.0. The van der Waals surface area contributed by atoms with E-state index in [-0.39, 0.29) is 25.7 Å². The highest BCUT2D eigenvalue weighted by atomic mass is 31.2. The summed E-state index contributed by atoms with van der Waals surface area (Å²) in [6, 6.07) is 0. The maximum absolute atomic E-state index is 13.1. The van der Waals surface area contributed by atoms with Crippen LogP contribution in [0.25, 0.3) is 0 Å². The van der Waals surface area contributed by atoms with Crippen LogP contribution >= 0.6 is 15.6 Å². The maximum atomic E-state index is 13.1. The van der Waals surface area contributed by atoms with Crippen molar-refractivity contribution in [3.8, 4) is 0 Å². The van der Waals surface area contributed by atoms with Crippen molar-refractivity contribution in [1.29, 1.82) is 0 Å². The van der Waals surface area contributed by atoms with Crippen molar-refractivity contribution in [3.63, 3.8) is 0 Å². The zero-order valence-electron chi connectivity index (χ0n) is 61.8. The van der Waals surface area contributed by atoms with Gasteiger partial charge in [-0.05, 0) is 148 Å². The summed E-state index contributed by atoms with van der Waals surface area (Å²) >= 11 is 0. The van der Waals surface area contributed by atoms with E-state index in [2.05, 4.69) is 161 Å². The number of rotatable bonds is 69. The Labute approximate surface area is 604 Å². The van der Waals surface area contributed by atoms with Crippen molar-refractivity contribution < 1.29 is 80.2 Å². The summed E-state index contributed by atoms with van der Waals surface area (Å²) in [6.45, 7) is 4.35. The van der Waals surface area contributed by atoms with Crippen LogP contribution in [0.4, 0.5) is 0 Å². The third-order valence-corrected chi connectivity index (χ3v) is 16.9. The summed E-state index contributed by atoms with van der Waals surface area (Å²) < 4.78 is 68.3. The fourth-order valence-corrected chi connectivity index (χ4v) is 10.9. The Balaban J connectivity index is 5.47. The molecule has 0 saturated carbocycles. The number of aliphatic hydroxyl groups excluding tert-OH is 1. The van der Waals surface area contributed by atoms with E-state index < -0.39 is 97.5 Å². The highest BCUT2D eigenvalue weighted by Crippen LogP contribution is 2.45. The van der Waals surface area contributed by atoms with Gasteiger partial charge in [-0.2, -0.15) is 0 Å². The van der Waals surface area contributed by atoms with Gasteiger partial charge in [0.25, 0.3) is 0 Å². The number of carbonyl (C=O) groups is 4. The number of allylic oxidation sites excluding steroid dienone is 25. The van der Waals surface area contributed by atoms with Gasteiger partial charge in [-0.25, -0.2) is 9.13 Å². The van der Waals surface area contributed by atoms with Crippen LogP contribution in [0, 0.1) is 0 Å². The standard InChI is InChI=1S/C81H132O17P2/c1-5-9-13-17-21-25-29-33-36-37-40-43-46-50-54-58-62-66-79(84)92-71-76(97-80(85)67-63-59-55-51-47-41-32-28-24-20-16-12-8-4)73-95-99(87,88)93-69-75(82)70-94-100(89,90)96-74-77(98-81(86)68-64-60-56-52-48-44-39-35-31-27-23-19-15-11-7-3)72-91-78(83)65-61-57-53-49-45-42-38-34-30-26-22-18-14-10-6-2/h9-10,13-14,16,20-23,25-28,32-36,38-40,43,45,49,57,61,75-77,82H,5-8,11-12,15,17-19,24,29-31,37,41-42,44,46-48,50-56,58-60,62-74H2,1-4H3,(H,87,88)(H,89,90)/b13-9-,14-10-,20-16-,25-21-,26-22-,27-23-,32-28-,36-33-,38-34-,39-35-,43-40-,49-45-,61-57-. The average molecular weight is 1440 g/mol. The summed E-state index contributed by atoms with van der Waals surface area (Å²) in [5.74, 6) is -2.39. The van der Waals surface area contributed by atoms with E-state index in [1.807, 2.05) is 18.2 Å². The zero-order valence-corrected chi connectivity index (χ0v) is 63.6. The van der Waals surface area contributed by atoms with Gasteiger partial charge in [0.2, 0.25) is 0 Å². The Morgan fingerprint density at radius 1 is 0.300 bits per heavy atom. The number of unbranched alkanes of at least 4 members (excludes halogenated alkanes) is 18. The molecule has 19 heteroatoms. The first-order valence-corrected chi connectivity index (χ1v) is 40.7. The molecule has 0 aliphatic heterocycles. The number of phosphoric acid groups is 2. The molecule has 5 atom stereocenters. The van der Waals surface area contributed by atoms with Crippen LogP contribution in [-0.4, -0.2) is 96.7 Å². The minimum absolute atomic E-state index is 0.0539. The number of hydrogen-bond donors (Lipinski definition) is 3. The first kappa shape index (κ1) is 94.7. The molecule has 17 nitrogen and oxygen atoms in total. The van der Waals surface area contributed by atoms with Crippen molar-refractivity contribution in [2.24, 2.45) is 0 Å². The molecule has 0 aliphatic carbocycles. The van der Waals surface area contributed by atoms with Crippen LogP contribution < -0.4 is 0 Å². The van der Waals surface area contributed by atoms with Crippen molar-refractivity contribution in [2.75, 3.05) is 39.6 Å². The molecule has 3 N–H and O–H groups in total. The molecule has 0 spiro atoms. The Morgan fingerprint density at radius 3 is 0.930 bits per heavy atom. The number of carbonyl (C=O) groups excluding carboxylic acids is 4. The molecular formula is C81H132O17P2. The average Bonchev–Trinajstić information content (AvgIpc) is 0.988. The van der Waals surface area contributed by atoms with E-state index in [9.17, 15) is 43.2 Å². The lowest BCUT2D eigenvalue weighted by Crippen LogP contribution is -2.30. The molecule has 0 amide bonds. The van der Waals surface area contributed by atoms with Gasteiger partial charge in [-0.15, -0.1) is 0 Å². The largest absolute Gasteiger partial charge is 0.472 e. The lowest BCUT2D eigenvalue weighted by Gasteiger charge is -2.21. The lowest BCUT2D eigenvalue weighted by molar-refractivity contribution is -0.161. The first-order chi connectivity index (χ1) is 48.7. The molecule has 0 heterocycles. The molecular weight excluding hydrogens is 1310 g/mol. The van der Waals surface area contributed by atoms with Crippen LogP contribution in [0.3, 0.4) is 0 Å². The fraction of sp³-hybridized carbons (Fsp3) is 0.630. The quantitative estimate of drug-likeness (QED) is 0.0169. The second kappa shape index (κ2) is 72.0. The van der Waals surface area contributed by atoms with E-state index in [0.717, 1.165) is 173 Å². The Morgan fingerprint density at radius 2 is 0.580 bits per heavy atom. The molecule has 0 radical (unpaired) electrons. The highest BCUT2D eigenvalue weighted by Gasteiger charge is 2.30. The number of aliphatic hydroxyl groups is 1. The maximum Gasteiger partial charge on any atom is 0.472 e. The van der Waals surface area contributed by atoms with Crippen LogP contribution in [0.5, 0.6) is 0 Å². The van der Waals surface area contributed by atoms with Gasteiger partial charge in [0.15, 0.2) is 12.2 Å². The predicted molar refractivity (Wildman–Crippen MR) is 408 cm³/mol. The first-order valence-electron chi connectivity index (χ1n) is 37.7. The van der Waals surface area contributed by atoms with Crippen molar-refractivity contribution >= 4 is 39.5 Å². The SMILES string of the molecule is CC/C=C\C/C=C\C/C=C\C/C=C\C/C=C\CC(=O)OCC(COP(=O)(O)OCC(O)COP(=O)(O)OCC(COC(=O)CCCCCC/C=C\C/C=C\C/C=C\C/C=C\CC)OC(=O)CCCCCCC/C=C\C/C=C\CCC)OC(=O)CCCCCCC/C=C\C/C=C\CCCCC. The molecule has 0 aromatic rings. The minimum atomic E-state index is -5.01. The van der Waals surface area contributed by atoms with Gasteiger partial charge < -0.3 is 33.8 Å². The van der Waals surface area contributed by atoms with E-state index in [4.69, 9.17) is 37.0 Å². The number of esters is 4. The van der Waals surface area contributed by atoms with Crippen molar-refractivity contribution in [1.82, 2.24) is 0 Å². The fourth-order valence-electron chi connectivity index (χ4n) is 9.29. The van der Waals surface area contributed by atoms with Gasteiger partial charge in [0.1, 0.15) is 19.3 Å². The van der Waals surface area contributed by atoms with E-state index >= 15 is 0 Å². The smallest absolute Gasteiger partial charge is 0.462 e. The van der Waals surface area contributed by atoms with Gasteiger partial charge >= 0.3 is 39.5 Å². The van der Waals surface area contributed by atoms with Gasteiger partial charge in [-0.1, -0.05) is 256 Å². The van der Waals surface area contributed by atoms with Crippen LogP contribution in [0.15, 0.2) is 158 Å². The Bertz CT molecular complexity index is 2520. The highest BCUT2D eigenvalue weighted by molar-refractivity contribution is 7.47. The summed E-state index contributed by atoms with van der Waals surface area (Å²) in [5.41, 5.74) is 0. The molecule has 568 valence electrons. The topological polar surface area (TPSA) is 237 Å². The molecule has 0 aromatic carbocycles. The van der Waals surface area contributed by atoms with Crippen LogP contribution in [0.1, 0.15) is 272 Å². The Kier molecular flexibility index (Phi) is 68.2. The normalized spacial score (nSPS) is 14.8. The van der Waals surface area contributed by atoms with Crippen LogP contribution in [-0.2, 0) is 65.4 Å². The predicted octanol–water partition coefficient (Wildman–Crippen LogP) is 21.7. The molecule has 100 heavy (non-hydrogen) atoms. The number of phosphoric ester groups is 2. The summed E-state index contributed by atoms with van der Waals surface area (Å²) in [4.78, 5) is 72.8. The second-order valence-electron chi connectivity index (χ2n) is 24.5. The minimum Gasteiger partial charge on any atom is -0.462 e. The van der Waals surface area contributed by atoms with Gasteiger partial charge in [0.05, 0.1) is 32.8 Å². The summed E-state index contributed by atoms with van der Waals surface area (Å²) in [6.07, 6.45) is 82.7. The van der Waals surface area contributed by atoms with E-state index in [1.54, 1.807) is 6.08 Å². The van der Waals surface area contributed by atoms with Crippen molar-refractivity contribution in [2.45, 2.75) is 290 Å². The molecule has 0 rings (SSSR count). The molecule has 0 aromatic heterocycles. The molecule has 0 bridgehead atoms. The second-order valence-corrected chi connectivity index (χ2v) is 27.4.